The molecule has 0 saturated carbocycles. The van der Waals surface area contributed by atoms with Gasteiger partial charge in [-0.05, 0) is 66.0 Å². The van der Waals surface area contributed by atoms with Crippen molar-refractivity contribution < 1.29 is 4.74 Å². The molecule has 0 aromatic heterocycles. The minimum Gasteiger partial charge on any atom is -0.372 e. The third-order valence-corrected chi connectivity index (χ3v) is 4.55. The van der Waals surface area contributed by atoms with E-state index in [2.05, 4.69) is 79.1 Å². The van der Waals surface area contributed by atoms with Crippen LogP contribution in [-0.4, -0.2) is 5.11 Å². The molecule has 0 aliphatic heterocycles. The van der Waals surface area contributed by atoms with Crippen molar-refractivity contribution in [3.05, 3.63) is 101 Å². The fraction of sp³-hybridized carbons (Fsp3) is 0.208. The van der Waals surface area contributed by atoms with Crippen LogP contribution in [0.5, 0.6) is 0 Å². The van der Waals surface area contributed by atoms with Crippen LogP contribution in [0.4, 0.5) is 5.69 Å². The summed E-state index contributed by atoms with van der Waals surface area (Å²) in [6.45, 7) is 6.05. The van der Waals surface area contributed by atoms with E-state index < -0.39 is 0 Å². The number of ether oxygens (including phenoxy) is 1. The summed E-state index contributed by atoms with van der Waals surface area (Å²) < 4.78 is 5.83. The highest BCUT2D eigenvalue weighted by Gasteiger charge is 2.02. The Bertz CT molecular complexity index is 905. The van der Waals surface area contributed by atoms with Crippen LogP contribution in [-0.2, 0) is 24.5 Å². The summed E-state index contributed by atoms with van der Waals surface area (Å²) in [4.78, 5) is 0. The van der Waals surface area contributed by atoms with Crippen LogP contribution in [0.25, 0.3) is 0 Å². The van der Waals surface area contributed by atoms with Crippen molar-refractivity contribution in [2.75, 3.05) is 5.32 Å². The van der Waals surface area contributed by atoms with Crippen molar-refractivity contribution in [3.63, 3.8) is 0 Å². The normalized spacial score (nSPS) is 10.5. The van der Waals surface area contributed by atoms with Crippen molar-refractivity contribution in [2.24, 2.45) is 0 Å². The lowest BCUT2D eigenvalue weighted by Gasteiger charge is -2.12. The molecule has 144 valence electrons. The van der Waals surface area contributed by atoms with Crippen LogP contribution < -0.4 is 10.6 Å². The second-order valence-corrected chi connectivity index (χ2v) is 7.39. The zero-order chi connectivity index (χ0) is 19.8. The van der Waals surface area contributed by atoms with Gasteiger partial charge >= 0.3 is 0 Å². The highest BCUT2D eigenvalue weighted by Crippen LogP contribution is 2.14. The molecule has 0 unspecified atom stereocenters. The number of nitrogens with one attached hydrogen (secondary N) is 2. The molecule has 28 heavy (non-hydrogen) atoms. The van der Waals surface area contributed by atoms with Gasteiger partial charge in [-0.25, -0.2) is 0 Å². The number of benzene rings is 3. The summed E-state index contributed by atoms with van der Waals surface area (Å²) in [5.74, 6) is 0. The summed E-state index contributed by atoms with van der Waals surface area (Å²) in [5.41, 5.74) is 6.96. The fourth-order valence-corrected chi connectivity index (χ4v) is 3.28. The molecule has 4 heteroatoms. The minimum absolute atomic E-state index is 0.591. The molecular weight excluding hydrogens is 364 g/mol. The van der Waals surface area contributed by atoms with Gasteiger partial charge in [0, 0.05) is 12.2 Å². The van der Waals surface area contributed by atoms with Gasteiger partial charge in [0.25, 0.3) is 0 Å². The largest absolute Gasteiger partial charge is 0.372 e. The quantitative estimate of drug-likeness (QED) is 0.522. The second kappa shape index (κ2) is 10.0. The van der Waals surface area contributed by atoms with Gasteiger partial charge in [-0.15, -0.1) is 0 Å². The summed E-state index contributed by atoms with van der Waals surface area (Å²) >= 11 is 5.43. The maximum Gasteiger partial charge on any atom is 0.171 e. The third kappa shape index (κ3) is 6.48. The van der Waals surface area contributed by atoms with E-state index in [1.165, 1.54) is 22.3 Å². The van der Waals surface area contributed by atoms with Crippen LogP contribution in [0.3, 0.4) is 0 Å². The zero-order valence-electron chi connectivity index (χ0n) is 16.4. The van der Waals surface area contributed by atoms with Gasteiger partial charge in [0.15, 0.2) is 5.11 Å². The number of anilines is 1. The number of hydrogen-bond donors (Lipinski definition) is 2. The number of rotatable bonds is 7. The molecule has 0 aliphatic rings. The molecule has 3 rings (SSSR count). The van der Waals surface area contributed by atoms with E-state index in [1.807, 2.05) is 18.2 Å². The minimum atomic E-state index is 0.591. The van der Waals surface area contributed by atoms with E-state index in [0.717, 1.165) is 11.3 Å². The maximum atomic E-state index is 5.83. The molecule has 0 radical (unpaired) electrons. The van der Waals surface area contributed by atoms with Crippen LogP contribution in [0, 0.1) is 13.8 Å². The third-order valence-electron chi connectivity index (χ3n) is 4.30. The average molecular weight is 391 g/mol. The molecule has 0 fully saturated rings. The van der Waals surface area contributed by atoms with Gasteiger partial charge in [0.1, 0.15) is 0 Å². The molecule has 2 N–H and O–H groups in total. The summed E-state index contributed by atoms with van der Waals surface area (Å²) in [6.07, 6.45) is 0. The Kier molecular flexibility index (Phi) is 7.18. The maximum absolute atomic E-state index is 5.83. The Labute approximate surface area is 172 Å². The smallest absolute Gasteiger partial charge is 0.171 e. The van der Waals surface area contributed by atoms with Gasteiger partial charge in [-0.2, -0.15) is 0 Å². The first kappa shape index (κ1) is 20.1. The lowest BCUT2D eigenvalue weighted by atomic mass is 10.1. The molecule has 3 nitrogen and oxygen atoms in total. The Balaban J connectivity index is 1.47. The first-order chi connectivity index (χ1) is 13.6. The van der Waals surface area contributed by atoms with Crippen LogP contribution >= 0.6 is 12.2 Å². The molecule has 0 amide bonds. The van der Waals surface area contributed by atoms with E-state index in [-0.39, 0.29) is 0 Å². The Morgan fingerprint density at radius 3 is 2.18 bits per heavy atom. The fourth-order valence-electron chi connectivity index (χ4n) is 3.09. The molecule has 0 heterocycles. The average Bonchev–Trinajstić information content (AvgIpc) is 2.67. The number of aryl methyl sites for hydroxylation is 2. The first-order valence-corrected chi connectivity index (χ1v) is 9.82. The van der Waals surface area contributed by atoms with E-state index in [4.69, 9.17) is 17.0 Å². The number of thiocarbonyl (C=S) groups is 1. The Hall–Kier alpha value is -2.69. The Morgan fingerprint density at radius 1 is 0.786 bits per heavy atom. The molecule has 0 spiro atoms. The van der Waals surface area contributed by atoms with E-state index in [0.29, 0.717) is 24.9 Å². The Morgan fingerprint density at radius 2 is 1.43 bits per heavy atom. The SMILES string of the molecule is Cc1cc(C)cc(NC(=S)NCc2cccc(COCc3ccccc3)c2)c1. The van der Waals surface area contributed by atoms with Crippen molar-refractivity contribution in [3.8, 4) is 0 Å². The molecular formula is C24H26N2OS. The van der Waals surface area contributed by atoms with Crippen molar-refractivity contribution in [1.29, 1.82) is 0 Å². The zero-order valence-corrected chi connectivity index (χ0v) is 17.2. The number of hydrogen-bond acceptors (Lipinski definition) is 2. The van der Waals surface area contributed by atoms with Crippen molar-refractivity contribution in [2.45, 2.75) is 33.6 Å². The van der Waals surface area contributed by atoms with Crippen LogP contribution in [0.15, 0.2) is 72.8 Å². The predicted molar refractivity (Wildman–Crippen MR) is 120 cm³/mol. The lowest BCUT2D eigenvalue weighted by Crippen LogP contribution is -2.28. The van der Waals surface area contributed by atoms with Gasteiger partial charge < -0.3 is 15.4 Å². The van der Waals surface area contributed by atoms with Crippen LogP contribution in [0.1, 0.15) is 27.8 Å². The molecule has 3 aromatic rings. The first-order valence-electron chi connectivity index (χ1n) is 9.41. The van der Waals surface area contributed by atoms with E-state index >= 15 is 0 Å². The van der Waals surface area contributed by atoms with Crippen molar-refractivity contribution in [1.82, 2.24) is 5.32 Å². The second-order valence-electron chi connectivity index (χ2n) is 6.98. The van der Waals surface area contributed by atoms with Gasteiger partial charge in [-0.1, -0.05) is 60.7 Å². The van der Waals surface area contributed by atoms with E-state index in [9.17, 15) is 0 Å². The molecule has 0 bridgehead atoms. The van der Waals surface area contributed by atoms with Crippen molar-refractivity contribution >= 4 is 23.0 Å². The standard InChI is InChI=1S/C24H26N2OS/c1-18-11-19(2)13-23(12-18)26-24(28)25-15-21-9-6-10-22(14-21)17-27-16-20-7-4-3-5-8-20/h3-14H,15-17H2,1-2H3,(H2,25,26,28). The van der Waals surface area contributed by atoms with E-state index in [1.54, 1.807) is 0 Å². The molecule has 0 atom stereocenters. The summed E-state index contributed by atoms with van der Waals surface area (Å²) in [6, 6.07) is 24.9. The van der Waals surface area contributed by atoms with Gasteiger partial charge in [0.05, 0.1) is 13.2 Å². The molecule has 0 aliphatic carbocycles. The van der Waals surface area contributed by atoms with Crippen LogP contribution in [0.2, 0.25) is 0 Å². The lowest BCUT2D eigenvalue weighted by molar-refractivity contribution is 0.107. The monoisotopic (exact) mass is 390 g/mol. The predicted octanol–water partition coefficient (Wildman–Crippen LogP) is 5.51. The molecule has 3 aromatic carbocycles. The summed E-state index contributed by atoms with van der Waals surface area (Å²) in [5, 5.41) is 7.15. The van der Waals surface area contributed by atoms with Gasteiger partial charge in [-0.3, -0.25) is 0 Å². The van der Waals surface area contributed by atoms with Gasteiger partial charge in [0.2, 0.25) is 0 Å². The molecule has 0 saturated heterocycles. The summed E-state index contributed by atoms with van der Waals surface area (Å²) in [7, 11) is 0. The topological polar surface area (TPSA) is 33.3 Å². The highest BCUT2D eigenvalue weighted by atomic mass is 32.1. The highest BCUT2D eigenvalue weighted by molar-refractivity contribution is 7.80.